The van der Waals surface area contributed by atoms with Crippen molar-refractivity contribution in [2.24, 2.45) is 4.99 Å². The lowest BCUT2D eigenvalue weighted by Crippen LogP contribution is -2.03. The van der Waals surface area contributed by atoms with Gasteiger partial charge in [-0.05, 0) is 30.7 Å². The van der Waals surface area contributed by atoms with Gasteiger partial charge in [0.1, 0.15) is 5.75 Å². The first-order valence-corrected chi connectivity index (χ1v) is 7.33. The third-order valence-electron chi connectivity index (χ3n) is 3.78. The highest BCUT2D eigenvalue weighted by Crippen LogP contribution is 2.37. The summed E-state index contributed by atoms with van der Waals surface area (Å²) >= 11 is 0. The second kappa shape index (κ2) is 6.62. The summed E-state index contributed by atoms with van der Waals surface area (Å²) in [6, 6.07) is 8.88. The van der Waals surface area contributed by atoms with Crippen molar-refractivity contribution in [2.75, 3.05) is 21.0 Å². The van der Waals surface area contributed by atoms with E-state index in [1.165, 1.54) is 7.11 Å². The standard InChI is InChI=1S/C18H17NO5/c1-11-13(18(20)22-3)5-4-6-14(11)19-9-12-7-16-17(24-10-23-16)8-15(12)21-2/h4-9H,10H2,1-3H3. The SMILES string of the molecule is COC(=O)c1cccc(N=Cc2cc3c(cc2OC)OCO3)c1C. The maximum absolute atomic E-state index is 11.8. The van der Waals surface area contributed by atoms with Gasteiger partial charge in [-0.1, -0.05) is 6.07 Å². The molecular formula is C18H17NO5. The zero-order valence-corrected chi connectivity index (χ0v) is 13.7. The number of methoxy groups -OCH3 is 2. The number of esters is 1. The number of carbonyl (C=O) groups is 1. The minimum Gasteiger partial charge on any atom is -0.496 e. The van der Waals surface area contributed by atoms with Gasteiger partial charge >= 0.3 is 5.97 Å². The molecule has 24 heavy (non-hydrogen) atoms. The number of hydrogen-bond donors (Lipinski definition) is 0. The molecule has 3 rings (SSSR count). The summed E-state index contributed by atoms with van der Waals surface area (Å²) in [5.41, 5.74) is 2.67. The van der Waals surface area contributed by atoms with Crippen molar-refractivity contribution in [3.63, 3.8) is 0 Å². The van der Waals surface area contributed by atoms with E-state index >= 15 is 0 Å². The molecule has 6 nitrogen and oxygen atoms in total. The molecule has 1 aliphatic heterocycles. The number of rotatable bonds is 4. The second-order valence-corrected chi connectivity index (χ2v) is 5.15. The maximum Gasteiger partial charge on any atom is 0.338 e. The van der Waals surface area contributed by atoms with E-state index in [9.17, 15) is 4.79 Å². The lowest BCUT2D eigenvalue weighted by molar-refractivity contribution is 0.0600. The zero-order valence-electron chi connectivity index (χ0n) is 13.7. The topological polar surface area (TPSA) is 66.4 Å². The van der Waals surface area contributed by atoms with Crippen molar-refractivity contribution in [2.45, 2.75) is 6.92 Å². The largest absolute Gasteiger partial charge is 0.496 e. The van der Waals surface area contributed by atoms with Crippen LogP contribution < -0.4 is 14.2 Å². The summed E-state index contributed by atoms with van der Waals surface area (Å²) in [4.78, 5) is 16.2. The number of fused-ring (bicyclic) bond motifs is 1. The molecule has 6 heteroatoms. The van der Waals surface area contributed by atoms with Crippen LogP contribution in [-0.2, 0) is 4.74 Å². The summed E-state index contributed by atoms with van der Waals surface area (Å²) < 4.78 is 20.9. The van der Waals surface area contributed by atoms with Crippen molar-refractivity contribution >= 4 is 17.9 Å². The van der Waals surface area contributed by atoms with Crippen molar-refractivity contribution in [1.82, 2.24) is 0 Å². The summed E-state index contributed by atoms with van der Waals surface area (Å²) in [6.07, 6.45) is 1.67. The highest BCUT2D eigenvalue weighted by molar-refractivity contribution is 5.93. The van der Waals surface area contributed by atoms with Gasteiger partial charge in [-0.3, -0.25) is 4.99 Å². The minimum atomic E-state index is -0.384. The summed E-state index contributed by atoms with van der Waals surface area (Å²) in [7, 11) is 2.94. The second-order valence-electron chi connectivity index (χ2n) is 5.15. The molecule has 0 spiro atoms. The van der Waals surface area contributed by atoms with Gasteiger partial charge in [0.25, 0.3) is 0 Å². The normalized spacial score (nSPS) is 12.5. The van der Waals surface area contributed by atoms with E-state index in [1.807, 2.05) is 19.1 Å². The number of nitrogens with zero attached hydrogens (tertiary/aromatic N) is 1. The van der Waals surface area contributed by atoms with Crippen LogP contribution in [0.4, 0.5) is 5.69 Å². The van der Waals surface area contributed by atoms with Crippen LogP contribution in [0.15, 0.2) is 35.3 Å². The van der Waals surface area contributed by atoms with Crippen molar-refractivity contribution < 1.29 is 23.7 Å². The average molecular weight is 327 g/mol. The quantitative estimate of drug-likeness (QED) is 0.637. The summed E-state index contributed by atoms with van der Waals surface area (Å²) in [6.45, 7) is 2.02. The molecule has 0 saturated carbocycles. The monoisotopic (exact) mass is 327 g/mol. The smallest absolute Gasteiger partial charge is 0.338 e. The van der Waals surface area contributed by atoms with Crippen LogP contribution in [0.3, 0.4) is 0 Å². The van der Waals surface area contributed by atoms with Crippen LogP contribution in [0, 0.1) is 6.92 Å². The third kappa shape index (κ3) is 2.90. The molecule has 0 amide bonds. The molecule has 0 unspecified atom stereocenters. The number of benzene rings is 2. The van der Waals surface area contributed by atoms with Crippen LogP contribution in [0.1, 0.15) is 21.5 Å². The molecule has 1 aliphatic rings. The average Bonchev–Trinajstić information content (AvgIpc) is 3.06. The molecule has 0 saturated heterocycles. The Balaban J connectivity index is 1.96. The third-order valence-corrected chi connectivity index (χ3v) is 3.78. The van der Waals surface area contributed by atoms with E-state index in [-0.39, 0.29) is 12.8 Å². The first-order valence-electron chi connectivity index (χ1n) is 7.33. The molecule has 0 bridgehead atoms. The van der Waals surface area contributed by atoms with E-state index in [4.69, 9.17) is 18.9 Å². The summed E-state index contributed by atoms with van der Waals surface area (Å²) in [5.74, 6) is 1.54. The summed E-state index contributed by atoms with van der Waals surface area (Å²) in [5, 5.41) is 0. The van der Waals surface area contributed by atoms with E-state index < -0.39 is 0 Å². The van der Waals surface area contributed by atoms with Crippen LogP contribution in [-0.4, -0.2) is 33.2 Å². The molecule has 0 aromatic heterocycles. The fourth-order valence-corrected chi connectivity index (χ4v) is 2.45. The van der Waals surface area contributed by atoms with E-state index in [1.54, 1.807) is 31.5 Å². The van der Waals surface area contributed by atoms with Gasteiger partial charge in [0.15, 0.2) is 11.5 Å². The highest BCUT2D eigenvalue weighted by atomic mass is 16.7. The Morgan fingerprint density at radius 1 is 1.21 bits per heavy atom. The van der Waals surface area contributed by atoms with Crippen molar-refractivity contribution in [1.29, 1.82) is 0 Å². The van der Waals surface area contributed by atoms with Gasteiger partial charge in [-0.25, -0.2) is 4.79 Å². The number of aliphatic imine (C=N–C) groups is 1. The Bertz CT molecular complexity index is 813. The molecule has 0 fully saturated rings. The molecule has 2 aromatic carbocycles. The van der Waals surface area contributed by atoms with E-state index in [0.29, 0.717) is 28.5 Å². The fourth-order valence-electron chi connectivity index (χ4n) is 2.45. The Morgan fingerprint density at radius 3 is 2.67 bits per heavy atom. The molecule has 0 aliphatic carbocycles. The first kappa shape index (κ1) is 15.9. The van der Waals surface area contributed by atoms with Crippen molar-refractivity contribution in [3.8, 4) is 17.2 Å². The molecule has 2 aromatic rings. The van der Waals surface area contributed by atoms with Gasteiger partial charge in [0, 0.05) is 17.8 Å². The lowest BCUT2D eigenvalue weighted by Gasteiger charge is -2.08. The van der Waals surface area contributed by atoms with Gasteiger partial charge in [-0.2, -0.15) is 0 Å². The van der Waals surface area contributed by atoms with Crippen LogP contribution in [0.25, 0.3) is 0 Å². The van der Waals surface area contributed by atoms with Crippen LogP contribution >= 0.6 is 0 Å². The predicted molar refractivity (Wildman–Crippen MR) is 88.9 cm³/mol. The van der Waals surface area contributed by atoms with Crippen molar-refractivity contribution in [3.05, 3.63) is 47.0 Å². The number of ether oxygens (including phenoxy) is 4. The number of hydrogen-bond acceptors (Lipinski definition) is 6. The zero-order chi connectivity index (χ0) is 17.1. The van der Waals surface area contributed by atoms with E-state index in [2.05, 4.69) is 4.99 Å². The lowest BCUT2D eigenvalue weighted by atomic mass is 10.1. The highest BCUT2D eigenvalue weighted by Gasteiger charge is 2.17. The Hall–Kier alpha value is -3.02. The van der Waals surface area contributed by atoms with Gasteiger partial charge < -0.3 is 18.9 Å². The Kier molecular flexibility index (Phi) is 4.37. The van der Waals surface area contributed by atoms with Crippen LogP contribution in [0.2, 0.25) is 0 Å². The van der Waals surface area contributed by atoms with Gasteiger partial charge in [-0.15, -0.1) is 0 Å². The molecule has 0 atom stereocenters. The molecular weight excluding hydrogens is 310 g/mol. The maximum atomic E-state index is 11.8. The molecule has 124 valence electrons. The molecule has 1 heterocycles. The Labute approximate surface area is 139 Å². The van der Waals surface area contributed by atoms with Crippen LogP contribution in [0.5, 0.6) is 17.2 Å². The first-order chi connectivity index (χ1) is 11.6. The fraction of sp³-hybridized carbons (Fsp3) is 0.222. The Morgan fingerprint density at radius 2 is 1.96 bits per heavy atom. The van der Waals surface area contributed by atoms with Gasteiger partial charge in [0.2, 0.25) is 6.79 Å². The minimum absolute atomic E-state index is 0.194. The van der Waals surface area contributed by atoms with E-state index in [0.717, 1.165) is 11.1 Å². The van der Waals surface area contributed by atoms with Gasteiger partial charge in [0.05, 0.1) is 25.5 Å². The molecule has 0 N–H and O–H groups in total. The number of carbonyl (C=O) groups excluding carboxylic acids is 1. The molecule has 0 radical (unpaired) electrons. The predicted octanol–water partition coefficient (Wildman–Crippen LogP) is 3.27.